The Morgan fingerprint density at radius 1 is 1.09 bits per heavy atom. The highest BCUT2D eigenvalue weighted by molar-refractivity contribution is 7.89. The van der Waals surface area contributed by atoms with Gasteiger partial charge in [-0.2, -0.15) is 8.68 Å². The quantitative estimate of drug-likeness (QED) is 0.395. The molecule has 0 spiro atoms. The maximum absolute atomic E-state index is 13.4. The Labute approximate surface area is 195 Å². The SMILES string of the molecule is Cc1ccccc1CN(CC(=O)Nc1ccc2sncc2c1)S(=O)(=O)c1ccc(Cl)cc1. The molecule has 0 saturated carbocycles. The first-order chi connectivity index (χ1) is 15.3. The first-order valence-electron chi connectivity index (χ1n) is 9.77. The summed E-state index contributed by atoms with van der Waals surface area (Å²) < 4.78 is 33.1. The first-order valence-corrected chi connectivity index (χ1v) is 12.4. The molecule has 9 heteroatoms. The largest absolute Gasteiger partial charge is 0.325 e. The molecule has 0 radical (unpaired) electrons. The summed E-state index contributed by atoms with van der Waals surface area (Å²) in [6, 6.07) is 18.9. The molecular weight excluding hydrogens is 466 g/mol. The van der Waals surface area contributed by atoms with E-state index in [4.69, 9.17) is 11.6 Å². The number of rotatable bonds is 7. The molecule has 0 saturated heterocycles. The summed E-state index contributed by atoms with van der Waals surface area (Å²) >= 11 is 7.29. The van der Waals surface area contributed by atoms with Crippen LogP contribution in [0.4, 0.5) is 5.69 Å². The predicted octanol–water partition coefficient (Wildman–Crippen LogP) is 5.09. The van der Waals surface area contributed by atoms with Gasteiger partial charge in [0.1, 0.15) is 0 Å². The molecule has 1 heterocycles. The van der Waals surface area contributed by atoms with Crippen LogP contribution in [0.1, 0.15) is 11.1 Å². The maximum Gasteiger partial charge on any atom is 0.243 e. The van der Waals surface area contributed by atoms with Crippen LogP contribution < -0.4 is 5.32 Å². The first kappa shape index (κ1) is 22.4. The smallest absolute Gasteiger partial charge is 0.243 e. The standard InChI is InChI=1S/C23H20ClN3O3S2/c1-16-4-2-3-5-17(16)14-27(32(29,30)21-9-6-19(24)7-10-21)15-23(28)26-20-8-11-22-18(12-20)13-25-31-22/h2-13H,14-15H2,1H3,(H,26,28). The number of anilines is 1. The van der Waals surface area contributed by atoms with Crippen LogP contribution in [-0.4, -0.2) is 29.5 Å². The summed E-state index contributed by atoms with van der Waals surface area (Å²) in [6.07, 6.45) is 1.73. The van der Waals surface area contributed by atoms with Gasteiger partial charge in [-0.05, 0) is 72.0 Å². The van der Waals surface area contributed by atoms with Crippen molar-refractivity contribution in [2.24, 2.45) is 0 Å². The Balaban J connectivity index is 1.61. The molecule has 0 atom stereocenters. The molecule has 0 bridgehead atoms. The Hall–Kier alpha value is -2.78. The highest BCUT2D eigenvalue weighted by Crippen LogP contribution is 2.24. The minimum Gasteiger partial charge on any atom is -0.325 e. The van der Waals surface area contributed by atoms with Gasteiger partial charge in [-0.25, -0.2) is 8.42 Å². The van der Waals surface area contributed by atoms with Gasteiger partial charge in [0.15, 0.2) is 0 Å². The molecule has 0 unspecified atom stereocenters. The molecule has 0 fully saturated rings. The number of nitrogens with zero attached hydrogens (tertiary/aromatic N) is 2. The molecule has 1 N–H and O–H groups in total. The normalized spacial score (nSPS) is 11.7. The number of aromatic nitrogens is 1. The van der Waals surface area contributed by atoms with Gasteiger partial charge in [-0.15, -0.1) is 0 Å². The van der Waals surface area contributed by atoms with E-state index >= 15 is 0 Å². The average molecular weight is 486 g/mol. The molecule has 0 aliphatic carbocycles. The van der Waals surface area contributed by atoms with E-state index < -0.39 is 15.9 Å². The average Bonchev–Trinajstić information content (AvgIpc) is 3.23. The Morgan fingerprint density at radius 3 is 2.59 bits per heavy atom. The van der Waals surface area contributed by atoms with Gasteiger partial charge >= 0.3 is 0 Å². The second-order valence-electron chi connectivity index (χ2n) is 7.28. The predicted molar refractivity (Wildman–Crippen MR) is 128 cm³/mol. The van der Waals surface area contributed by atoms with Crippen molar-refractivity contribution in [1.82, 2.24) is 8.68 Å². The zero-order valence-corrected chi connectivity index (χ0v) is 19.5. The van der Waals surface area contributed by atoms with Gasteiger partial charge in [0.05, 0.1) is 16.1 Å². The fraction of sp³-hybridized carbons (Fsp3) is 0.130. The van der Waals surface area contributed by atoms with E-state index in [0.29, 0.717) is 10.7 Å². The van der Waals surface area contributed by atoms with E-state index in [-0.39, 0.29) is 18.0 Å². The summed E-state index contributed by atoms with van der Waals surface area (Å²) in [4.78, 5) is 12.9. The maximum atomic E-state index is 13.4. The Bertz CT molecular complexity index is 1370. The van der Waals surface area contributed by atoms with Crippen LogP contribution in [0.2, 0.25) is 5.02 Å². The number of nitrogens with one attached hydrogen (secondary N) is 1. The van der Waals surface area contributed by atoms with Gasteiger partial charge in [-0.3, -0.25) is 4.79 Å². The van der Waals surface area contributed by atoms with Gasteiger partial charge in [0, 0.05) is 28.8 Å². The Morgan fingerprint density at radius 2 is 1.84 bits per heavy atom. The van der Waals surface area contributed by atoms with Gasteiger partial charge in [0.25, 0.3) is 0 Å². The molecule has 164 valence electrons. The van der Waals surface area contributed by atoms with Crippen molar-refractivity contribution in [1.29, 1.82) is 0 Å². The summed E-state index contributed by atoms with van der Waals surface area (Å²) in [5.41, 5.74) is 2.35. The fourth-order valence-electron chi connectivity index (χ4n) is 3.27. The molecular formula is C23H20ClN3O3S2. The number of hydrogen-bond acceptors (Lipinski definition) is 5. The molecule has 4 rings (SSSR count). The van der Waals surface area contributed by atoms with Crippen molar-refractivity contribution in [3.8, 4) is 0 Å². The second kappa shape index (κ2) is 9.38. The molecule has 6 nitrogen and oxygen atoms in total. The minimum absolute atomic E-state index is 0.0680. The lowest BCUT2D eigenvalue weighted by atomic mass is 10.1. The molecule has 4 aromatic rings. The van der Waals surface area contributed by atoms with E-state index in [1.807, 2.05) is 43.3 Å². The number of fused-ring (bicyclic) bond motifs is 1. The third kappa shape index (κ3) is 4.99. The van der Waals surface area contributed by atoms with E-state index in [1.165, 1.54) is 40.1 Å². The number of halogens is 1. The molecule has 32 heavy (non-hydrogen) atoms. The van der Waals surface area contributed by atoms with Gasteiger partial charge < -0.3 is 5.32 Å². The fourth-order valence-corrected chi connectivity index (χ4v) is 5.40. The van der Waals surface area contributed by atoms with Crippen molar-refractivity contribution in [3.05, 3.63) is 89.1 Å². The zero-order chi connectivity index (χ0) is 22.7. The second-order valence-corrected chi connectivity index (χ2v) is 10.5. The third-order valence-electron chi connectivity index (χ3n) is 5.02. The van der Waals surface area contributed by atoms with Crippen molar-refractivity contribution >= 4 is 54.8 Å². The van der Waals surface area contributed by atoms with Crippen LogP contribution >= 0.6 is 23.1 Å². The van der Waals surface area contributed by atoms with E-state index in [1.54, 1.807) is 12.3 Å². The van der Waals surface area contributed by atoms with E-state index in [0.717, 1.165) is 21.2 Å². The molecule has 1 aromatic heterocycles. The van der Waals surface area contributed by atoms with Crippen molar-refractivity contribution < 1.29 is 13.2 Å². The van der Waals surface area contributed by atoms with Crippen LogP contribution in [0.3, 0.4) is 0 Å². The molecule has 3 aromatic carbocycles. The van der Waals surface area contributed by atoms with Gasteiger partial charge in [0.2, 0.25) is 15.9 Å². The lowest BCUT2D eigenvalue weighted by molar-refractivity contribution is -0.116. The third-order valence-corrected chi connectivity index (χ3v) is 7.85. The van der Waals surface area contributed by atoms with Crippen molar-refractivity contribution in [2.45, 2.75) is 18.4 Å². The highest BCUT2D eigenvalue weighted by atomic mass is 35.5. The monoisotopic (exact) mass is 485 g/mol. The van der Waals surface area contributed by atoms with E-state index in [9.17, 15) is 13.2 Å². The lowest BCUT2D eigenvalue weighted by Gasteiger charge is -2.23. The van der Waals surface area contributed by atoms with Crippen LogP contribution in [0.5, 0.6) is 0 Å². The molecule has 0 aliphatic rings. The van der Waals surface area contributed by atoms with Crippen LogP contribution in [0.15, 0.2) is 77.8 Å². The number of aryl methyl sites for hydroxylation is 1. The van der Waals surface area contributed by atoms with Crippen LogP contribution in [-0.2, 0) is 21.4 Å². The lowest BCUT2D eigenvalue weighted by Crippen LogP contribution is -2.37. The van der Waals surface area contributed by atoms with Crippen LogP contribution in [0, 0.1) is 6.92 Å². The van der Waals surface area contributed by atoms with Crippen molar-refractivity contribution in [2.75, 3.05) is 11.9 Å². The summed E-state index contributed by atoms with van der Waals surface area (Å²) in [7, 11) is -3.94. The summed E-state index contributed by atoms with van der Waals surface area (Å²) in [5.74, 6) is -0.432. The van der Waals surface area contributed by atoms with Crippen LogP contribution in [0.25, 0.3) is 10.1 Å². The zero-order valence-electron chi connectivity index (χ0n) is 17.2. The summed E-state index contributed by atoms with van der Waals surface area (Å²) in [6.45, 7) is 1.64. The molecule has 1 amide bonds. The number of carbonyl (C=O) groups excluding carboxylic acids is 1. The van der Waals surface area contributed by atoms with E-state index in [2.05, 4.69) is 9.69 Å². The minimum atomic E-state index is -3.94. The number of sulfonamides is 1. The topological polar surface area (TPSA) is 79.4 Å². The molecule has 0 aliphatic heterocycles. The number of benzene rings is 3. The number of carbonyl (C=O) groups is 1. The number of amides is 1. The Kier molecular flexibility index (Phi) is 6.57. The van der Waals surface area contributed by atoms with Gasteiger partial charge in [-0.1, -0.05) is 35.9 Å². The highest BCUT2D eigenvalue weighted by Gasteiger charge is 2.27. The van der Waals surface area contributed by atoms with Crippen molar-refractivity contribution in [3.63, 3.8) is 0 Å². The summed E-state index contributed by atoms with van der Waals surface area (Å²) in [5, 5.41) is 4.15. The number of hydrogen-bond donors (Lipinski definition) is 1.